The number of nitrogens with one attached hydrogen (secondary N) is 3. The maximum atomic E-state index is 11.9. The molecule has 0 aliphatic carbocycles. The van der Waals surface area contributed by atoms with Crippen molar-refractivity contribution in [3.63, 3.8) is 0 Å². The molecule has 3 heterocycles. The zero-order valence-electron chi connectivity index (χ0n) is 13.2. The van der Waals surface area contributed by atoms with E-state index in [0.717, 1.165) is 12.2 Å². The van der Waals surface area contributed by atoms with Gasteiger partial charge in [0.15, 0.2) is 5.82 Å². The number of nitriles is 1. The molecule has 2 amide bonds. The zero-order chi connectivity index (χ0) is 17.5. The third kappa shape index (κ3) is 4.17. The number of amides is 2. The Morgan fingerprint density at radius 2 is 2.32 bits per heavy atom. The number of carbonyl (C=O) groups excluding carboxylic acids is 1. The Bertz CT molecular complexity index is 879. The Hall–Kier alpha value is -3.74. The van der Waals surface area contributed by atoms with E-state index in [1.165, 1.54) is 17.2 Å². The topological polar surface area (TPSA) is 137 Å². The molecule has 0 atom stereocenters. The Morgan fingerprint density at radius 1 is 1.40 bits per heavy atom. The quantitative estimate of drug-likeness (QED) is 0.574. The highest BCUT2D eigenvalue weighted by atomic mass is 16.2. The first-order valence-corrected chi connectivity index (χ1v) is 7.55. The van der Waals surface area contributed by atoms with Crippen LogP contribution in [-0.2, 0) is 6.42 Å². The first-order chi connectivity index (χ1) is 12.3. The molecular formula is C15H15N9O. The molecule has 3 rings (SSSR count). The predicted octanol–water partition coefficient (Wildman–Crippen LogP) is 1.01. The number of carbonyl (C=O) groups is 1. The van der Waals surface area contributed by atoms with E-state index >= 15 is 0 Å². The van der Waals surface area contributed by atoms with Crippen molar-refractivity contribution in [2.24, 2.45) is 0 Å². The van der Waals surface area contributed by atoms with Gasteiger partial charge in [0.05, 0.1) is 23.6 Å². The second-order valence-corrected chi connectivity index (χ2v) is 5.08. The molecule has 10 nitrogen and oxygen atoms in total. The van der Waals surface area contributed by atoms with Crippen LogP contribution in [0.1, 0.15) is 17.8 Å². The fourth-order valence-corrected chi connectivity index (χ4v) is 2.15. The second-order valence-electron chi connectivity index (χ2n) is 5.08. The summed E-state index contributed by atoms with van der Waals surface area (Å²) in [6.07, 6.45) is 7.55. The number of pyridine rings is 1. The minimum atomic E-state index is -0.335. The lowest BCUT2D eigenvalue weighted by molar-refractivity contribution is 0.252. The average Bonchev–Trinajstić information content (AvgIpc) is 3.30. The Morgan fingerprint density at radius 3 is 3.12 bits per heavy atom. The second kappa shape index (κ2) is 7.69. The normalized spacial score (nSPS) is 10.2. The number of rotatable bonds is 6. The van der Waals surface area contributed by atoms with Crippen molar-refractivity contribution >= 4 is 11.7 Å². The van der Waals surface area contributed by atoms with Crippen LogP contribution >= 0.6 is 0 Å². The van der Waals surface area contributed by atoms with Crippen molar-refractivity contribution in [2.75, 3.05) is 11.9 Å². The molecule has 0 fully saturated rings. The van der Waals surface area contributed by atoms with Gasteiger partial charge in [0.25, 0.3) is 0 Å². The monoisotopic (exact) mass is 337 g/mol. The molecule has 0 bridgehead atoms. The molecule has 0 aliphatic rings. The molecule has 0 aromatic carbocycles. The lowest BCUT2D eigenvalue weighted by Crippen LogP contribution is -2.29. The number of aromatic amines is 1. The standard InChI is InChI=1S/C15H15N9O/c16-7-11-3-1-5-17-14(11)24-9-12(8-21-24)22-15(25)18-6-2-4-13-19-10-20-23-13/h1,3,5,8-10H,2,4,6H2,(H2,18,22,25)(H,19,20,23). The van der Waals surface area contributed by atoms with Crippen molar-refractivity contribution in [1.82, 2.24) is 35.3 Å². The van der Waals surface area contributed by atoms with Crippen LogP contribution in [-0.4, -0.2) is 42.5 Å². The molecule has 0 unspecified atom stereocenters. The largest absolute Gasteiger partial charge is 0.338 e. The number of anilines is 1. The summed E-state index contributed by atoms with van der Waals surface area (Å²) in [4.78, 5) is 20.0. The van der Waals surface area contributed by atoms with Gasteiger partial charge in [0, 0.05) is 19.2 Å². The van der Waals surface area contributed by atoms with E-state index in [4.69, 9.17) is 5.26 Å². The summed E-state index contributed by atoms with van der Waals surface area (Å²) in [7, 11) is 0. The fraction of sp³-hybridized carbons (Fsp3) is 0.200. The number of aryl methyl sites for hydroxylation is 1. The fourth-order valence-electron chi connectivity index (χ4n) is 2.15. The van der Waals surface area contributed by atoms with E-state index in [-0.39, 0.29) is 6.03 Å². The molecule has 0 aliphatic heterocycles. The minimum Gasteiger partial charge on any atom is -0.338 e. The van der Waals surface area contributed by atoms with Gasteiger partial charge in [-0.1, -0.05) is 0 Å². The summed E-state index contributed by atoms with van der Waals surface area (Å²) in [5.41, 5.74) is 0.899. The minimum absolute atomic E-state index is 0.335. The van der Waals surface area contributed by atoms with Crippen LogP contribution in [0, 0.1) is 11.3 Å². The smallest absolute Gasteiger partial charge is 0.319 e. The van der Waals surface area contributed by atoms with Gasteiger partial charge in [-0.25, -0.2) is 19.4 Å². The third-order valence-corrected chi connectivity index (χ3v) is 3.31. The summed E-state index contributed by atoms with van der Waals surface area (Å²) in [6.45, 7) is 0.499. The molecule has 25 heavy (non-hydrogen) atoms. The average molecular weight is 337 g/mol. The number of aromatic nitrogens is 6. The summed E-state index contributed by atoms with van der Waals surface area (Å²) >= 11 is 0. The van der Waals surface area contributed by atoms with Crippen molar-refractivity contribution in [2.45, 2.75) is 12.8 Å². The number of hydrogen-bond donors (Lipinski definition) is 3. The van der Waals surface area contributed by atoms with Gasteiger partial charge >= 0.3 is 6.03 Å². The van der Waals surface area contributed by atoms with E-state index < -0.39 is 0 Å². The van der Waals surface area contributed by atoms with Gasteiger partial charge in [-0.2, -0.15) is 15.5 Å². The first-order valence-electron chi connectivity index (χ1n) is 7.55. The van der Waals surface area contributed by atoms with Crippen LogP contribution in [0.5, 0.6) is 0 Å². The zero-order valence-corrected chi connectivity index (χ0v) is 13.2. The maximum Gasteiger partial charge on any atom is 0.319 e. The highest BCUT2D eigenvalue weighted by molar-refractivity contribution is 5.88. The molecule has 0 radical (unpaired) electrons. The third-order valence-electron chi connectivity index (χ3n) is 3.31. The van der Waals surface area contributed by atoms with Crippen molar-refractivity contribution in [1.29, 1.82) is 5.26 Å². The van der Waals surface area contributed by atoms with Crippen LogP contribution in [0.15, 0.2) is 37.1 Å². The van der Waals surface area contributed by atoms with Crippen LogP contribution < -0.4 is 10.6 Å². The van der Waals surface area contributed by atoms with Crippen molar-refractivity contribution in [3.05, 3.63) is 48.4 Å². The van der Waals surface area contributed by atoms with E-state index in [0.29, 0.717) is 30.0 Å². The van der Waals surface area contributed by atoms with E-state index in [1.807, 2.05) is 0 Å². The predicted molar refractivity (Wildman–Crippen MR) is 87.8 cm³/mol. The van der Waals surface area contributed by atoms with Gasteiger partial charge in [0.2, 0.25) is 0 Å². The van der Waals surface area contributed by atoms with Gasteiger partial charge in [-0.3, -0.25) is 5.10 Å². The molecule has 0 saturated carbocycles. The lowest BCUT2D eigenvalue weighted by Gasteiger charge is -2.05. The van der Waals surface area contributed by atoms with E-state index in [2.05, 4.69) is 42.0 Å². The lowest BCUT2D eigenvalue weighted by atomic mass is 10.3. The van der Waals surface area contributed by atoms with Crippen LogP contribution in [0.2, 0.25) is 0 Å². The Labute approximate surface area is 142 Å². The highest BCUT2D eigenvalue weighted by Gasteiger charge is 2.09. The molecule has 0 spiro atoms. The number of nitrogens with zero attached hydrogens (tertiary/aromatic N) is 6. The SMILES string of the molecule is N#Cc1cccnc1-n1cc(NC(=O)NCCCc2ncn[nH]2)cn1. The van der Waals surface area contributed by atoms with Crippen LogP contribution in [0.4, 0.5) is 10.5 Å². The molecule has 10 heteroatoms. The maximum absolute atomic E-state index is 11.9. The first kappa shape index (κ1) is 16.1. The van der Waals surface area contributed by atoms with Gasteiger partial charge in [-0.15, -0.1) is 0 Å². The molecule has 3 N–H and O–H groups in total. The van der Waals surface area contributed by atoms with E-state index in [9.17, 15) is 4.79 Å². The number of urea groups is 1. The van der Waals surface area contributed by atoms with Crippen LogP contribution in [0.3, 0.4) is 0 Å². The van der Waals surface area contributed by atoms with E-state index in [1.54, 1.807) is 24.5 Å². The van der Waals surface area contributed by atoms with Crippen molar-refractivity contribution < 1.29 is 4.79 Å². The highest BCUT2D eigenvalue weighted by Crippen LogP contribution is 2.13. The molecular weight excluding hydrogens is 322 g/mol. The molecule has 0 saturated heterocycles. The van der Waals surface area contributed by atoms with Crippen molar-refractivity contribution in [3.8, 4) is 11.9 Å². The number of H-pyrrole nitrogens is 1. The Kier molecular flexibility index (Phi) is 4.96. The Balaban J connectivity index is 1.51. The summed E-state index contributed by atoms with van der Waals surface area (Å²) in [6, 6.07) is 5.05. The van der Waals surface area contributed by atoms with Gasteiger partial charge in [-0.05, 0) is 18.6 Å². The molecule has 3 aromatic rings. The number of hydrogen-bond acceptors (Lipinski definition) is 6. The summed E-state index contributed by atoms with van der Waals surface area (Å²) in [5, 5.41) is 25.2. The summed E-state index contributed by atoms with van der Waals surface area (Å²) in [5.74, 6) is 1.19. The molecule has 126 valence electrons. The van der Waals surface area contributed by atoms with Gasteiger partial charge < -0.3 is 10.6 Å². The molecule has 3 aromatic heterocycles. The van der Waals surface area contributed by atoms with Gasteiger partial charge in [0.1, 0.15) is 18.2 Å². The van der Waals surface area contributed by atoms with Crippen LogP contribution in [0.25, 0.3) is 5.82 Å². The summed E-state index contributed by atoms with van der Waals surface area (Å²) < 4.78 is 1.44.